The first kappa shape index (κ1) is 24.2. The lowest BCUT2D eigenvalue weighted by Crippen LogP contribution is -2.55. The Labute approximate surface area is 193 Å². The lowest BCUT2D eigenvalue weighted by Gasteiger charge is -2.33. The van der Waals surface area contributed by atoms with Gasteiger partial charge in [-0.1, -0.05) is 56.6 Å². The number of rotatable bonds is 11. The van der Waals surface area contributed by atoms with Crippen molar-refractivity contribution in [2.75, 3.05) is 11.4 Å². The lowest BCUT2D eigenvalue weighted by molar-refractivity contribution is -0.121. The highest BCUT2D eigenvalue weighted by Gasteiger charge is 2.49. The van der Waals surface area contributed by atoms with E-state index >= 15 is 0 Å². The van der Waals surface area contributed by atoms with Gasteiger partial charge in [0, 0.05) is 43.1 Å². The Balaban J connectivity index is 1.40. The molecule has 1 atom stereocenters. The normalized spacial score (nSPS) is 16.6. The van der Waals surface area contributed by atoms with Gasteiger partial charge < -0.3 is 10.2 Å². The molecule has 0 aliphatic carbocycles. The Kier molecular flexibility index (Phi) is 8.62. The number of benzene rings is 1. The van der Waals surface area contributed by atoms with E-state index in [2.05, 4.69) is 60.2 Å². The molecular formula is C26H37N3O2Si. The third-order valence-corrected chi connectivity index (χ3v) is 13.0. The summed E-state index contributed by atoms with van der Waals surface area (Å²) < 4.78 is 0. The van der Waals surface area contributed by atoms with E-state index in [-0.39, 0.29) is 11.8 Å². The van der Waals surface area contributed by atoms with E-state index in [9.17, 15) is 9.59 Å². The number of aryl methyl sites for hydroxylation is 1. The first-order valence-corrected chi connectivity index (χ1v) is 14.6. The van der Waals surface area contributed by atoms with Crippen LogP contribution in [0.15, 0.2) is 48.8 Å². The van der Waals surface area contributed by atoms with Crippen LogP contribution < -0.4 is 15.4 Å². The molecule has 172 valence electrons. The quantitative estimate of drug-likeness (QED) is 0.408. The molecule has 2 aromatic rings. The van der Waals surface area contributed by atoms with Gasteiger partial charge in [0.25, 0.3) is 0 Å². The van der Waals surface area contributed by atoms with Crippen molar-refractivity contribution in [3.63, 3.8) is 0 Å². The van der Waals surface area contributed by atoms with Crippen LogP contribution in [-0.4, -0.2) is 37.1 Å². The molecule has 1 unspecified atom stereocenters. The van der Waals surface area contributed by atoms with Crippen molar-refractivity contribution in [1.82, 2.24) is 10.3 Å². The van der Waals surface area contributed by atoms with E-state index in [0.717, 1.165) is 30.5 Å². The minimum Gasteiger partial charge on any atom is -0.356 e. The average molecular weight is 452 g/mol. The average Bonchev–Trinajstić information content (AvgIpc) is 3.08. The van der Waals surface area contributed by atoms with Crippen LogP contribution in [0.25, 0.3) is 0 Å². The summed E-state index contributed by atoms with van der Waals surface area (Å²) in [7, 11) is -1.68. The topological polar surface area (TPSA) is 62.3 Å². The second kappa shape index (κ2) is 11.4. The highest BCUT2D eigenvalue weighted by Crippen LogP contribution is 2.36. The number of carbonyl (C=O) groups excluding carboxylic acids is 2. The number of para-hydroxylation sites is 1. The van der Waals surface area contributed by atoms with E-state index in [4.69, 9.17) is 0 Å². The molecule has 1 aromatic carbocycles. The van der Waals surface area contributed by atoms with Crippen LogP contribution in [-0.2, 0) is 16.0 Å². The number of nitrogens with one attached hydrogen (secondary N) is 1. The van der Waals surface area contributed by atoms with Crippen LogP contribution in [0.2, 0.25) is 12.1 Å². The number of carbonyl (C=O) groups is 2. The fourth-order valence-corrected chi connectivity index (χ4v) is 9.99. The van der Waals surface area contributed by atoms with Crippen molar-refractivity contribution in [1.29, 1.82) is 0 Å². The molecule has 5 nitrogen and oxygen atoms in total. The maximum Gasteiger partial charge on any atom is 0.226 e. The number of anilines is 1. The summed E-state index contributed by atoms with van der Waals surface area (Å²) >= 11 is 0. The number of hydrogen-bond donors (Lipinski definition) is 1. The molecule has 2 amide bonds. The fourth-order valence-electron chi connectivity index (χ4n) is 5.18. The van der Waals surface area contributed by atoms with E-state index in [1.54, 1.807) is 12.4 Å². The van der Waals surface area contributed by atoms with E-state index < -0.39 is 8.07 Å². The predicted octanol–water partition coefficient (Wildman–Crippen LogP) is 4.36. The van der Waals surface area contributed by atoms with Gasteiger partial charge in [-0.15, -0.1) is 0 Å². The van der Waals surface area contributed by atoms with Gasteiger partial charge in [-0.2, -0.15) is 0 Å². The van der Waals surface area contributed by atoms with Gasteiger partial charge in [0.15, 0.2) is 0 Å². The van der Waals surface area contributed by atoms with Crippen LogP contribution >= 0.6 is 0 Å². The number of fused-ring (bicyclic) bond motifs is 1. The number of hydrogen-bond acceptors (Lipinski definition) is 3. The van der Waals surface area contributed by atoms with Gasteiger partial charge >= 0.3 is 0 Å². The van der Waals surface area contributed by atoms with E-state index in [1.807, 2.05) is 12.1 Å². The molecule has 1 N–H and O–H groups in total. The second-order valence-electron chi connectivity index (χ2n) is 8.84. The Bertz CT molecular complexity index is 899. The molecule has 1 aromatic heterocycles. The van der Waals surface area contributed by atoms with Crippen LogP contribution in [0.4, 0.5) is 5.69 Å². The van der Waals surface area contributed by atoms with Crippen LogP contribution in [0.5, 0.6) is 0 Å². The summed E-state index contributed by atoms with van der Waals surface area (Å²) in [5.41, 5.74) is 2.56. The van der Waals surface area contributed by atoms with Crippen molar-refractivity contribution in [2.24, 2.45) is 0 Å². The molecule has 2 heterocycles. The van der Waals surface area contributed by atoms with Crippen LogP contribution in [0.3, 0.4) is 0 Å². The van der Waals surface area contributed by atoms with Crippen molar-refractivity contribution in [3.05, 3.63) is 54.4 Å². The van der Waals surface area contributed by atoms with E-state index in [0.29, 0.717) is 31.5 Å². The van der Waals surface area contributed by atoms with Crippen LogP contribution in [0.1, 0.15) is 58.4 Å². The summed E-state index contributed by atoms with van der Waals surface area (Å²) in [6.45, 7) is 7.52. The van der Waals surface area contributed by atoms with E-state index in [1.165, 1.54) is 17.3 Å². The van der Waals surface area contributed by atoms with Gasteiger partial charge in [-0.3, -0.25) is 14.6 Å². The monoisotopic (exact) mass is 451 g/mol. The van der Waals surface area contributed by atoms with Crippen molar-refractivity contribution in [2.45, 2.75) is 77.0 Å². The largest absolute Gasteiger partial charge is 0.356 e. The SMILES string of the molecule is CC[Si]1(CC)c2ccccc2N(C(=O)CCCCCNC(=O)CCc2cccnc2)C1C. The zero-order valence-corrected chi connectivity index (χ0v) is 20.8. The molecule has 1 aliphatic heterocycles. The summed E-state index contributed by atoms with van der Waals surface area (Å²) in [6, 6.07) is 14.8. The number of aromatic nitrogens is 1. The fraction of sp³-hybridized carbons (Fsp3) is 0.500. The summed E-state index contributed by atoms with van der Waals surface area (Å²) in [6.07, 6.45) is 8.03. The smallest absolute Gasteiger partial charge is 0.226 e. The minimum absolute atomic E-state index is 0.0767. The zero-order valence-electron chi connectivity index (χ0n) is 19.8. The van der Waals surface area contributed by atoms with Crippen LogP contribution in [0, 0.1) is 0 Å². The zero-order chi connectivity index (χ0) is 23.0. The Morgan fingerprint density at radius 1 is 1.03 bits per heavy atom. The maximum atomic E-state index is 13.2. The highest BCUT2D eigenvalue weighted by molar-refractivity contribution is 6.96. The minimum atomic E-state index is -1.68. The van der Waals surface area contributed by atoms with Crippen molar-refractivity contribution < 1.29 is 9.59 Å². The molecular weight excluding hydrogens is 414 g/mol. The molecule has 6 heteroatoms. The molecule has 0 bridgehead atoms. The Morgan fingerprint density at radius 3 is 2.53 bits per heavy atom. The maximum absolute atomic E-state index is 13.2. The van der Waals surface area contributed by atoms with Gasteiger partial charge in [0.1, 0.15) is 8.07 Å². The molecule has 0 spiro atoms. The molecule has 0 fully saturated rings. The second-order valence-corrected chi connectivity index (χ2v) is 13.9. The van der Waals surface area contributed by atoms with Gasteiger partial charge in [-0.25, -0.2) is 0 Å². The highest BCUT2D eigenvalue weighted by atomic mass is 28.3. The predicted molar refractivity (Wildman–Crippen MR) is 134 cm³/mol. The van der Waals surface area contributed by atoms with Crippen molar-refractivity contribution >= 4 is 30.8 Å². The third kappa shape index (κ3) is 5.29. The first-order valence-electron chi connectivity index (χ1n) is 12.1. The van der Waals surface area contributed by atoms with Gasteiger partial charge in [0.05, 0.1) is 0 Å². The van der Waals surface area contributed by atoms with Crippen molar-refractivity contribution in [3.8, 4) is 0 Å². The molecule has 32 heavy (non-hydrogen) atoms. The third-order valence-electron chi connectivity index (χ3n) is 7.17. The number of nitrogens with zero attached hydrogens (tertiary/aromatic N) is 2. The number of amides is 2. The summed E-state index contributed by atoms with van der Waals surface area (Å²) in [5.74, 6) is 0.328. The van der Waals surface area contributed by atoms with Gasteiger partial charge in [-0.05, 0) is 49.1 Å². The molecule has 3 rings (SSSR count). The standard InChI is InChI=1S/C26H37N3O2Si/c1-4-32(5-2)21(3)29(23-13-8-9-14-24(23)32)26(31)15-7-6-10-19-28-25(30)17-16-22-12-11-18-27-20-22/h8-9,11-14,18,20-21H,4-7,10,15-17,19H2,1-3H3,(H,28,30). The molecule has 0 saturated carbocycles. The number of pyridine rings is 1. The molecule has 0 saturated heterocycles. The Hall–Kier alpha value is -2.47. The molecule has 1 aliphatic rings. The summed E-state index contributed by atoms with van der Waals surface area (Å²) in [5, 5.41) is 4.45. The number of unbranched alkanes of at least 4 members (excludes halogenated alkanes) is 2. The Morgan fingerprint density at radius 2 is 1.81 bits per heavy atom. The lowest BCUT2D eigenvalue weighted by atomic mass is 10.1. The molecule has 0 radical (unpaired) electrons. The van der Waals surface area contributed by atoms with Gasteiger partial charge in [0.2, 0.25) is 11.8 Å². The first-order chi connectivity index (χ1) is 15.5. The summed E-state index contributed by atoms with van der Waals surface area (Å²) in [4.78, 5) is 31.4.